The normalized spacial score (nSPS) is 15.8. The summed E-state index contributed by atoms with van der Waals surface area (Å²) in [6.45, 7) is 0.256. The topological polar surface area (TPSA) is 80.2 Å². The van der Waals surface area contributed by atoms with Gasteiger partial charge in [0, 0.05) is 19.0 Å². The Hall–Kier alpha value is -2.22. The molecule has 2 aromatic rings. The van der Waals surface area contributed by atoms with Crippen molar-refractivity contribution < 1.29 is 9.53 Å². The average Bonchev–Trinajstić information content (AvgIpc) is 3.31. The van der Waals surface area contributed by atoms with Gasteiger partial charge in [-0.2, -0.15) is 15.0 Å². The van der Waals surface area contributed by atoms with E-state index in [2.05, 4.69) is 26.3 Å². The number of carbonyl (C=O) groups excluding carboxylic acids is 1. The number of rotatable bonds is 6. The van der Waals surface area contributed by atoms with Gasteiger partial charge in [0.2, 0.25) is 11.9 Å². The van der Waals surface area contributed by atoms with Crippen LogP contribution in [-0.2, 0) is 16.8 Å². The van der Waals surface area contributed by atoms with Gasteiger partial charge in [0.05, 0.1) is 19.1 Å². The van der Waals surface area contributed by atoms with Gasteiger partial charge in [0.1, 0.15) is 0 Å². The van der Waals surface area contributed by atoms with Crippen molar-refractivity contribution >= 4 is 23.2 Å². The quantitative estimate of drug-likeness (QED) is 0.849. The number of amides is 1. The first-order chi connectivity index (χ1) is 12.0. The number of carbonyl (C=O) groups is 1. The van der Waals surface area contributed by atoms with E-state index >= 15 is 0 Å². The average molecular weight is 361 g/mol. The minimum Gasteiger partial charge on any atom is -0.467 e. The number of thiophene rings is 1. The largest absolute Gasteiger partial charge is 0.467 e. The Morgan fingerprint density at radius 1 is 1.32 bits per heavy atom. The third-order valence-electron chi connectivity index (χ3n) is 4.52. The fourth-order valence-electron chi connectivity index (χ4n) is 3.20. The lowest BCUT2D eigenvalue weighted by atomic mass is 9.83. The molecular weight excluding hydrogens is 338 g/mol. The molecule has 0 radical (unpaired) electrons. The molecule has 25 heavy (non-hydrogen) atoms. The van der Waals surface area contributed by atoms with E-state index in [9.17, 15) is 4.79 Å². The molecule has 8 heteroatoms. The molecule has 134 valence electrons. The summed E-state index contributed by atoms with van der Waals surface area (Å²) in [7, 11) is 5.21. The van der Waals surface area contributed by atoms with Crippen LogP contribution in [0.5, 0.6) is 6.01 Å². The molecule has 1 N–H and O–H groups in total. The first-order valence-electron chi connectivity index (χ1n) is 8.34. The van der Waals surface area contributed by atoms with Crippen LogP contribution in [0.3, 0.4) is 0 Å². The summed E-state index contributed by atoms with van der Waals surface area (Å²) in [4.78, 5) is 28.7. The second-order valence-electron chi connectivity index (χ2n) is 6.38. The third kappa shape index (κ3) is 3.58. The van der Waals surface area contributed by atoms with E-state index in [-0.39, 0.29) is 18.5 Å². The zero-order valence-corrected chi connectivity index (χ0v) is 15.6. The van der Waals surface area contributed by atoms with Crippen LogP contribution in [0.1, 0.15) is 36.4 Å². The fourth-order valence-corrected chi connectivity index (χ4v) is 4.18. The molecular formula is C17H23N5O2S. The van der Waals surface area contributed by atoms with Gasteiger partial charge in [-0.1, -0.05) is 18.9 Å². The third-order valence-corrected chi connectivity index (χ3v) is 5.60. The molecule has 0 unspecified atom stereocenters. The lowest BCUT2D eigenvalue weighted by molar-refractivity contribution is -0.126. The van der Waals surface area contributed by atoms with Crippen LogP contribution in [0.2, 0.25) is 0 Å². The van der Waals surface area contributed by atoms with Crippen molar-refractivity contribution in [3.63, 3.8) is 0 Å². The molecule has 1 saturated carbocycles. The van der Waals surface area contributed by atoms with Gasteiger partial charge in [-0.15, -0.1) is 11.3 Å². The predicted octanol–water partition coefficient (Wildman–Crippen LogP) is 2.14. The Kier molecular flexibility index (Phi) is 5.17. The van der Waals surface area contributed by atoms with Crippen molar-refractivity contribution in [3.05, 3.63) is 28.2 Å². The molecule has 2 aromatic heterocycles. The van der Waals surface area contributed by atoms with Crippen LogP contribution in [0.15, 0.2) is 17.5 Å². The van der Waals surface area contributed by atoms with Gasteiger partial charge >= 0.3 is 6.01 Å². The van der Waals surface area contributed by atoms with E-state index in [1.54, 1.807) is 16.2 Å². The maximum absolute atomic E-state index is 13.0. The second kappa shape index (κ2) is 7.35. The Morgan fingerprint density at radius 3 is 2.68 bits per heavy atom. The molecule has 1 aliphatic carbocycles. The lowest BCUT2D eigenvalue weighted by Crippen LogP contribution is -2.42. The van der Waals surface area contributed by atoms with Crippen LogP contribution < -0.4 is 15.0 Å². The number of methoxy groups -OCH3 is 1. The van der Waals surface area contributed by atoms with Crippen LogP contribution in [0.25, 0.3) is 0 Å². The molecule has 1 amide bonds. The predicted molar refractivity (Wildman–Crippen MR) is 97.0 cm³/mol. The number of nitrogens with zero attached hydrogens (tertiary/aromatic N) is 4. The smallest absolute Gasteiger partial charge is 0.321 e. The molecule has 0 saturated heterocycles. The molecule has 0 spiro atoms. The van der Waals surface area contributed by atoms with Crippen molar-refractivity contribution in [2.24, 2.45) is 0 Å². The Morgan fingerprint density at radius 2 is 2.08 bits per heavy atom. The van der Waals surface area contributed by atoms with Gasteiger partial charge in [0.25, 0.3) is 0 Å². The highest BCUT2D eigenvalue weighted by molar-refractivity contribution is 7.10. The van der Waals surface area contributed by atoms with E-state index in [4.69, 9.17) is 4.74 Å². The van der Waals surface area contributed by atoms with Crippen molar-refractivity contribution in [2.45, 2.75) is 37.6 Å². The summed E-state index contributed by atoms with van der Waals surface area (Å²) in [6.07, 6.45) is 3.94. The van der Waals surface area contributed by atoms with E-state index in [1.165, 1.54) is 7.11 Å². The van der Waals surface area contributed by atoms with Crippen LogP contribution >= 0.6 is 11.3 Å². The Labute approximate surface area is 151 Å². The molecule has 1 aliphatic rings. The first kappa shape index (κ1) is 17.6. The van der Waals surface area contributed by atoms with Crippen molar-refractivity contribution in [3.8, 4) is 6.01 Å². The van der Waals surface area contributed by atoms with E-state index < -0.39 is 5.41 Å². The summed E-state index contributed by atoms with van der Waals surface area (Å²) < 4.78 is 5.13. The van der Waals surface area contributed by atoms with Crippen LogP contribution in [0, 0.1) is 0 Å². The highest BCUT2D eigenvalue weighted by atomic mass is 32.1. The number of aromatic nitrogens is 3. The number of hydrogen-bond donors (Lipinski definition) is 1. The van der Waals surface area contributed by atoms with Crippen molar-refractivity contribution in [1.82, 2.24) is 20.3 Å². The number of nitrogens with one attached hydrogen (secondary N) is 1. The minimum atomic E-state index is -0.407. The van der Waals surface area contributed by atoms with Gasteiger partial charge in [-0.05, 0) is 24.3 Å². The maximum Gasteiger partial charge on any atom is 0.321 e. The fraction of sp³-hybridized carbons (Fsp3) is 0.529. The lowest BCUT2D eigenvalue weighted by Gasteiger charge is -2.26. The number of hydrogen-bond acceptors (Lipinski definition) is 7. The highest BCUT2D eigenvalue weighted by Crippen LogP contribution is 2.43. The number of anilines is 1. The van der Waals surface area contributed by atoms with Gasteiger partial charge in [-0.3, -0.25) is 4.79 Å². The summed E-state index contributed by atoms with van der Waals surface area (Å²) >= 11 is 1.65. The summed E-state index contributed by atoms with van der Waals surface area (Å²) in [5, 5.41) is 5.06. The van der Waals surface area contributed by atoms with Crippen LogP contribution in [0.4, 0.5) is 5.95 Å². The van der Waals surface area contributed by atoms with Crippen LogP contribution in [-0.4, -0.2) is 42.1 Å². The summed E-state index contributed by atoms with van der Waals surface area (Å²) in [6, 6.07) is 4.32. The maximum atomic E-state index is 13.0. The molecule has 0 bridgehead atoms. The summed E-state index contributed by atoms with van der Waals surface area (Å²) in [5.41, 5.74) is -0.407. The second-order valence-corrected chi connectivity index (χ2v) is 7.33. The molecule has 2 heterocycles. The SMILES string of the molecule is COc1nc(CNC(=O)C2(c3cccs3)CCCC2)nc(N(C)C)n1. The van der Waals surface area contributed by atoms with E-state index in [1.807, 2.05) is 25.5 Å². The summed E-state index contributed by atoms with van der Waals surface area (Å²) in [5.74, 6) is 1.05. The van der Waals surface area contributed by atoms with Crippen molar-refractivity contribution in [2.75, 3.05) is 26.1 Å². The standard InChI is InChI=1S/C17H23N5O2S/c1-22(2)15-19-13(20-16(21-15)24-3)11-18-14(23)17(8-4-5-9-17)12-7-6-10-25-12/h6-7,10H,4-5,8-9,11H2,1-3H3,(H,18,23). The van der Waals surface area contributed by atoms with Crippen molar-refractivity contribution in [1.29, 1.82) is 0 Å². The van der Waals surface area contributed by atoms with E-state index in [0.717, 1.165) is 30.6 Å². The Balaban J connectivity index is 1.76. The Bertz CT molecular complexity index is 727. The molecule has 0 atom stereocenters. The van der Waals surface area contributed by atoms with Gasteiger partial charge in [0.15, 0.2) is 5.82 Å². The molecule has 0 aliphatic heterocycles. The molecule has 0 aromatic carbocycles. The monoisotopic (exact) mass is 361 g/mol. The zero-order valence-electron chi connectivity index (χ0n) is 14.8. The highest BCUT2D eigenvalue weighted by Gasteiger charge is 2.43. The molecule has 3 rings (SSSR count). The first-order valence-corrected chi connectivity index (χ1v) is 9.22. The zero-order chi connectivity index (χ0) is 17.9. The number of ether oxygens (including phenoxy) is 1. The van der Waals surface area contributed by atoms with Gasteiger partial charge in [-0.25, -0.2) is 0 Å². The van der Waals surface area contributed by atoms with Gasteiger partial charge < -0.3 is 15.0 Å². The molecule has 7 nitrogen and oxygen atoms in total. The molecule has 1 fully saturated rings. The minimum absolute atomic E-state index is 0.0539. The van der Waals surface area contributed by atoms with E-state index in [0.29, 0.717) is 11.8 Å².